The average molecular weight is 382 g/mol. The Morgan fingerprint density at radius 1 is 1.23 bits per heavy atom. The van der Waals surface area contributed by atoms with E-state index in [0.29, 0.717) is 18.7 Å². The van der Waals surface area contributed by atoms with Crippen molar-refractivity contribution in [3.63, 3.8) is 0 Å². The molecule has 2 aromatic rings. The Morgan fingerprint density at radius 3 is 2.50 bits per heavy atom. The molecular weight excluding hydrogens is 354 g/mol. The Kier molecular flexibility index (Phi) is 9.09. The van der Waals surface area contributed by atoms with Crippen molar-refractivity contribution in [2.45, 2.75) is 39.7 Å². The van der Waals surface area contributed by atoms with Crippen LogP contribution in [-0.2, 0) is 6.42 Å². The Balaban J connectivity index is 0.00000338. The van der Waals surface area contributed by atoms with E-state index >= 15 is 0 Å². The number of carbonyl (C=O) groups excluding carboxylic acids is 1. The third-order valence-corrected chi connectivity index (χ3v) is 3.66. The smallest absolute Gasteiger partial charge is 0.273 e. The molecule has 0 aliphatic carbocycles. The zero-order valence-electron chi connectivity index (χ0n) is 15.8. The lowest BCUT2D eigenvalue weighted by Crippen LogP contribution is -2.27. The molecule has 1 amide bonds. The number of nitrogens with one attached hydrogen (secondary N) is 2. The van der Waals surface area contributed by atoms with Crippen molar-refractivity contribution in [1.29, 1.82) is 0 Å². The molecule has 0 saturated carbocycles. The largest absolute Gasteiger partial charge is 0.491 e. The molecule has 8 heteroatoms. The van der Waals surface area contributed by atoms with Gasteiger partial charge in [-0.2, -0.15) is 0 Å². The Labute approximate surface area is 160 Å². The third kappa shape index (κ3) is 5.71. The van der Waals surface area contributed by atoms with Crippen LogP contribution in [0.2, 0.25) is 0 Å². The van der Waals surface area contributed by atoms with Gasteiger partial charge in [-0.05, 0) is 64.5 Å². The van der Waals surface area contributed by atoms with Crippen LogP contribution in [0.1, 0.15) is 43.4 Å². The molecule has 0 unspecified atom stereocenters. The van der Waals surface area contributed by atoms with Crippen molar-refractivity contribution < 1.29 is 9.53 Å². The number of carbonyl (C=O) groups is 1. The Morgan fingerprint density at radius 2 is 1.92 bits per heavy atom. The molecule has 144 valence electrons. The lowest BCUT2D eigenvalue weighted by Gasteiger charge is -2.11. The predicted molar refractivity (Wildman–Crippen MR) is 105 cm³/mol. The molecule has 2 N–H and O–H groups in total. The second-order valence-electron chi connectivity index (χ2n) is 6.02. The van der Waals surface area contributed by atoms with Gasteiger partial charge in [0.05, 0.1) is 17.5 Å². The molecule has 0 fully saturated rings. The van der Waals surface area contributed by atoms with Gasteiger partial charge in [0.2, 0.25) is 0 Å². The number of amides is 1. The zero-order chi connectivity index (χ0) is 18.2. The molecule has 7 nitrogen and oxygen atoms in total. The Bertz CT molecular complexity index is 685. The minimum atomic E-state index is -0.182. The zero-order valence-corrected chi connectivity index (χ0v) is 16.6. The number of hydrogen-bond acceptors (Lipinski definition) is 5. The summed E-state index contributed by atoms with van der Waals surface area (Å²) in [6.07, 6.45) is 1.66. The quantitative estimate of drug-likeness (QED) is 0.652. The number of rotatable bonds is 9. The molecule has 1 heterocycles. The van der Waals surface area contributed by atoms with E-state index in [1.54, 1.807) is 4.68 Å². The molecule has 26 heavy (non-hydrogen) atoms. The van der Waals surface area contributed by atoms with Crippen LogP contribution in [0.25, 0.3) is 5.69 Å². The predicted octanol–water partition coefficient (Wildman–Crippen LogP) is 2.38. The molecular formula is C18H28ClN5O2. The molecule has 0 saturated heterocycles. The summed E-state index contributed by atoms with van der Waals surface area (Å²) >= 11 is 0. The molecule has 0 aliphatic heterocycles. The number of halogens is 1. The van der Waals surface area contributed by atoms with E-state index in [-0.39, 0.29) is 24.4 Å². The second kappa shape index (κ2) is 10.8. The lowest BCUT2D eigenvalue weighted by atomic mass is 10.2. The summed E-state index contributed by atoms with van der Waals surface area (Å²) in [5, 5.41) is 14.2. The standard InChI is InChI=1S/C18H27N5O2.ClH/c1-5-16-17(18(24)20-12-6-11-19-4)21-22-23(16)14-7-9-15(10-8-14)25-13(2)3;/h7-10,13,19H,5-6,11-12H2,1-4H3,(H,20,24);1H. The van der Waals surface area contributed by atoms with E-state index in [1.165, 1.54) is 0 Å². The molecule has 0 spiro atoms. The fourth-order valence-electron chi connectivity index (χ4n) is 2.49. The van der Waals surface area contributed by atoms with Gasteiger partial charge in [-0.15, -0.1) is 17.5 Å². The highest BCUT2D eigenvalue weighted by molar-refractivity contribution is 5.93. The fraction of sp³-hybridized carbons (Fsp3) is 0.500. The van der Waals surface area contributed by atoms with Crippen LogP contribution in [-0.4, -0.2) is 47.1 Å². The van der Waals surface area contributed by atoms with Crippen LogP contribution in [0.4, 0.5) is 0 Å². The third-order valence-electron chi connectivity index (χ3n) is 3.66. The van der Waals surface area contributed by atoms with Crippen LogP contribution in [0, 0.1) is 0 Å². The van der Waals surface area contributed by atoms with E-state index in [2.05, 4.69) is 20.9 Å². The summed E-state index contributed by atoms with van der Waals surface area (Å²) in [5.74, 6) is 0.623. The molecule has 0 bridgehead atoms. The van der Waals surface area contributed by atoms with E-state index in [1.807, 2.05) is 52.1 Å². The summed E-state index contributed by atoms with van der Waals surface area (Å²) in [6, 6.07) is 7.63. The number of aromatic nitrogens is 3. The van der Waals surface area contributed by atoms with Crippen LogP contribution in [0.3, 0.4) is 0 Å². The minimum absolute atomic E-state index is 0. The van der Waals surface area contributed by atoms with Gasteiger partial charge < -0.3 is 15.4 Å². The first-order valence-corrected chi connectivity index (χ1v) is 8.71. The highest BCUT2D eigenvalue weighted by Gasteiger charge is 2.19. The first kappa shape index (κ1) is 21.9. The summed E-state index contributed by atoms with van der Waals surface area (Å²) in [5.41, 5.74) is 2.03. The van der Waals surface area contributed by atoms with Gasteiger partial charge in [0.15, 0.2) is 5.69 Å². The molecule has 1 aromatic carbocycles. The number of ether oxygens (including phenoxy) is 1. The summed E-state index contributed by atoms with van der Waals surface area (Å²) < 4.78 is 7.36. The number of benzene rings is 1. The molecule has 0 radical (unpaired) electrons. The van der Waals surface area contributed by atoms with Crippen LogP contribution in [0.5, 0.6) is 5.75 Å². The van der Waals surface area contributed by atoms with Crippen molar-refractivity contribution in [2.75, 3.05) is 20.1 Å². The molecule has 1 aromatic heterocycles. The van der Waals surface area contributed by atoms with Gasteiger partial charge in [-0.25, -0.2) is 4.68 Å². The van der Waals surface area contributed by atoms with Gasteiger partial charge in [0.25, 0.3) is 5.91 Å². The summed E-state index contributed by atoms with van der Waals surface area (Å²) in [7, 11) is 1.89. The summed E-state index contributed by atoms with van der Waals surface area (Å²) in [6.45, 7) is 7.43. The fourth-order valence-corrected chi connectivity index (χ4v) is 2.49. The van der Waals surface area contributed by atoms with Crippen LogP contribution in [0.15, 0.2) is 24.3 Å². The van der Waals surface area contributed by atoms with E-state index in [4.69, 9.17) is 4.74 Å². The molecule has 0 aliphatic rings. The number of hydrogen-bond donors (Lipinski definition) is 2. The topological polar surface area (TPSA) is 81.1 Å². The highest BCUT2D eigenvalue weighted by Crippen LogP contribution is 2.18. The summed E-state index contributed by atoms with van der Waals surface area (Å²) in [4.78, 5) is 12.3. The van der Waals surface area contributed by atoms with E-state index in [9.17, 15) is 4.79 Å². The highest BCUT2D eigenvalue weighted by atomic mass is 35.5. The van der Waals surface area contributed by atoms with Crippen molar-refractivity contribution in [1.82, 2.24) is 25.6 Å². The van der Waals surface area contributed by atoms with Crippen LogP contribution < -0.4 is 15.4 Å². The van der Waals surface area contributed by atoms with E-state index in [0.717, 1.165) is 30.1 Å². The van der Waals surface area contributed by atoms with E-state index < -0.39 is 0 Å². The monoisotopic (exact) mass is 381 g/mol. The lowest BCUT2D eigenvalue weighted by molar-refractivity contribution is 0.0947. The molecule has 2 rings (SSSR count). The Hall–Kier alpha value is -2.12. The van der Waals surface area contributed by atoms with Gasteiger partial charge in [-0.3, -0.25) is 4.79 Å². The molecule has 0 atom stereocenters. The maximum absolute atomic E-state index is 12.3. The van der Waals surface area contributed by atoms with Crippen LogP contribution >= 0.6 is 12.4 Å². The maximum Gasteiger partial charge on any atom is 0.273 e. The SMILES string of the molecule is CCc1c(C(=O)NCCCNC)nnn1-c1ccc(OC(C)C)cc1.Cl. The van der Waals surface area contributed by atoms with Gasteiger partial charge in [0.1, 0.15) is 5.75 Å². The van der Waals surface area contributed by atoms with Crippen molar-refractivity contribution in [2.24, 2.45) is 0 Å². The van der Waals surface area contributed by atoms with Gasteiger partial charge in [-0.1, -0.05) is 12.1 Å². The number of nitrogens with zero attached hydrogens (tertiary/aromatic N) is 3. The minimum Gasteiger partial charge on any atom is -0.491 e. The first-order valence-electron chi connectivity index (χ1n) is 8.71. The average Bonchev–Trinajstić information content (AvgIpc) is 3.02. The maximum atomic E-state index is 12.3. The second-order valence-corrected chi connectivity index (χ2v) is 6.02. The first-order chi connectivity index (χ1) is 12.1. The normalized spacial score (nSPS) is 10.5. The van der Waals surface area contributed by atoms with Gasteiger partial charge >= 0.3 is 0 Å². The van der Waals surface area contributed by atoms with Crippen molar-refractivity contribution in [3.8, 4) is 11.4 Å². The van der Waals surface area contributed by atoms with Crippen molar-refractivity contribution in [3.05, 3.63) is 35.7 Å². The van der Waals surface area contributed by atoms with Gasteiger partial charge in [0, 0.05) is 6.54 Å². The van der Waals surface area contributed by atoms with Crippen molar-refractivity contribution >= 4 is 18.3 Å².